The molecule has 5 N–H and O–H groups in total. The quantitative estimate of drug-likeness (QED) is 0.151. The minimum Gasteiger partial charge on any atom is -0.482 e. The highest BCUT2D eigenvalue weighted by Gasteiger charge is 2.42. The van der Waals surface area contributed by atoms with Crippen LogP contribution in [0.2, 0.25) is 5.02 Å². The van der Waals surface area contributed by atoms with Crippen molar-refractivity contribution in [1.82, 2.24) is 36.1 Å². The molecule has 0 spiro atoms. The molecule has 0 radical (unpaired) electrons. The SMILES string of the molecule is COC1=C(CNC[C@@H]2CCC(=O)N2)C=CC(c2ccncc2Cl)(c2cccc3c2CC[C@H]3Nc2nc(OC)c(CNC3CCN(C(C)=O)CC3)cc2C(F)(F)F)N1. The van der Waals surface area contributed by atoms with Crippen molar-refractivity contribution in [3.63, 3.8) is 0 Å². The molecule has 2 amide bonds. The molecule has 2 aromatic heterocycles. The number of carbonyl (C=O) groups is 2. The van der Waals surface area contributed by atoms with Crippen LogP contribution < -0.4 is 31.3 Å². The number of carbonyl (C=O) groups excluding carboxylic acids is 2. The number of alkyl halides is 3. The molecule has 304 valence electrons. The molecule has 2 saturated heterocycles. The van der Waals surface area contributed by atoms with Crippen LogP contribution in [0.1, 0.15) is 78.5 Å². The molecule has 4 aliphatic rings. The first-order chi connectivity index (χ1) is 27.4. The van der Waals surface area contributed by atoms with E-state index in [4.69, 9.17) is 21.1 Å². The van der Waals surface area contributed by atoms with Crippen molar-refractivity contribution < 1.29 is 32.2 Å². The van der Waals surface area contributed by atoms with E-state index in [1.165, 1.54) is 14.0 Å². The van der Waals surface area contributed by atoms with Gasteiger partial charge in [0.15, 0.2) is 5.88 Å². The van der Waals surface area contributed by atoms with Crippen LogP contribution in [0.3, 0.4) is 0 Å². The number of halogens is 4. The van der Waals surface area contributed by atoms with E-state index >= 15 is 0 Å². The van der Waals surface area contributed by atoms with Crippen LogP contribution in [0, 0.1) is 0 Å². The summed E-state index contributed by atoms with van der Waals surface area (Å²) in [7, 11) is 2.99. The molecule has 1 unspecified atom stereocenters. The van der Waals surface area contributed by atoms with Gasteiger partial charge >= 0.3 is 6.18 Å². The Balaban J connectivity index is 1.16. The van der Waals surface area contributed by atoms with Gasteiger partial charge < -0.3 is 41.0 Å². The first-order valence-electron chi connectivity index (χ1n) is 19.3. The molecule has 0 bridgehead atoms. The number of hydrogen-bond acceptors (Lipinski definition) is 10. The van der Waals surface area contributed by atoms with E-state index < -0.39 is 23.3 Å². The summed E-state index contributed by atoms with van der Waals surface area (Å²) in [5.41, 5.74) is 2.70. The number of ether oxygens (including phenoxy) is 2. The molecule has 3 aliphatic heterocycles. The lowest BCUT2D eigenvalue weighted by molar-refractivity contribution is -0.137. The van der Waals surface area contributed by atoms with Gasteiger partial charge in [-0.2, -0.15) is 18.2 Å². The van der Waals surface area contributed by atoms with E-state index in [-0.39, 0.29) is 42.1 Å². The van der Waals surface area contributed by atoms with Crippen molar-refractivity contribution >= 4 is 29.2 Å². The van der Waals surface area contributed by atoms with Crippen molar-refractivity contribution in [2.24, 2.45) is 0 Å². The van der Waals surface area contributed by atoms with E-state index in [0.717, 1.165) is 40.3 Å². The summed E-state index contributed by atoms with van der Waals surface area (Å²) >= 11 is 6.87. The number of fused-ring (bicyclic) bond motifs is 1. The maximum atomic E-state index is 14.8. The van der Waals surface area contributed by atoms with Crippen LogP contribution in [0.4, 0.5) is 19.0 Å². The lowest BCUT2D eigenvalue weighted by Crippen LogP contribution is -2.46. The maximum absolute atomic E-state index is 14.8. The summed E-state index contributed by atoms with van der Waals surface area (Å²) in [6, 6.07) is 8.43. The first kappa shape index (κ1) is 40.3. The third-order valence-corrected chi connectivity index (χ3v) is 11.7. The number of hydrogen-bond donors (Lipinski definition) is 5. The number of amides is 2. The van der Waals surface area contributed by atoms with Gasteiger partial charge in [0, 0.05) is 87.2 Å². The molecule has 5 heterocycles. The number of rotatable bonds is 13. The van der Waals surface area contributed by atoms with Crippen LogP contribution in [0.5, 0.6) is 5.88 Å². The van der Waals surface area contributed by atoms with Crippen LogP contribution >= 0.6 is 11.6 Å². The highest BCUT2D eigenvalue weighted by molar-refractivity contribution is 6.31. The number of piperidine rings is 1. The Labute approximate surface area is 335 Å². The van der Waals surface area contributed by atoms with Crippen molar-refractivity contribution in [3.05, 3.63) is 105 Å². The van der Waals surface area contributed by atoms with Gasteiger partial charge in [0.1, 0.15) is 11.4 Å². The van der Waals surface area contributed by atoms with Gasteiger partial charge in [-0.1, -0.05) is 35.9 Å². The normalized spacial score (nSPS) is 22.3. The van der Waals surface area contributed by atoms with E-state index in [1.54, 1.807) is 24.4 Å². The minimum atomic E-state index is -4.69. The molecule has 12 nitrogen and oxygen atoms in total. The number of pyridine rings is 2. The van der Waals surface area contributed by atoms with E-state index in [9.17, 15) is 22.8 Å². The smallest absolute Gasteiger partial charge is 0.419 e. The summed E-state index contributed by atoms with van der Waals surface area (Å²) in [5.74, 6) is 0.403. The van der Waals surface area contributed by atoms with Crippen LogP contribution in [-0.2, 0) is 39.0 Å². The number of aromatic nitrogens is 2. The number of dihydropyridines is 1. The Bertz CT molecular complexity index is 2050. The molecular weight excluding hydrogens is 761 g/mol. The van der Waals surface area contributed by atoms with Gasteiger partial charge in [0.2, 0.25) is 17.7 Å². The summed E-state index contributed by atoms with van der Waals surface area (Å²) < 4.78 is 55.7. The lowest BCUT2D eigenvalue weighted by atomic mass is 9.78. The topological polar surface area (TPSA) is 142 Å². The average Bonchev–Trinajstić information content (AvgIpc) is 3.82. The van der Waals surface area contributed by atoms with Crippen molar-refractivity contribution in [2.45, 2.75) is 81.8 Å². The Kier molecular flexibility index (Phi) is 12.0. The molecule has 7 rings (SSSR count). The molecule has 3 aromatic rings. The summed E-state index contributed by atoms with van der Waals surface area (Å²) in [6.07, 6.45) is 6.39. The summed E-state index contributed by atoms with van der Waals surface area (Å²) in [5, 5.41) is 17.0. The molecule has 57 heavy (non-hydrogen) atoms. The standard InChI is InChI=1S/C41H48ClF3N8O4/c1-24(54)53-17-13-27(14-18-53)48-21-26-19-33(41(43,44)45)37(51-38(26)56-2)50-35-9-8-29-30(35)5-4-6-31(29)40(32-12-16-46-23-34(32)42)15-11-25(39(52-40)57-3)20-47-22-28-7-10-36(55)49-28/h4-6,11-12,15-16,19,23,27-28,35,47-48,52H,7-10,13-14,17-18,20-22H2,1-3H3,(H,49,55)(H,50,51)/t28-,35+,40?/m0/s1. The monoisotopic (exact) mass is 808 g/mol. The summed E-state index contributed by atoms with van der Waals surface area (Å²) in [4.78, 5) is 33.8. The fraction of sp³-hybridized carbons (Fsp3) is 0.463. The Morgan fingerprint density at radius 2 is 1.88 bits per heavy atom. The molecular formula is C41H48ClF3N8O4. The van der Waals surface area contributed by atoms with Crippen molar-refractivity contribution in [1.29, 1.82) is 0 Å². The van der Waals surface area contributed by atoms with Gasteiger partial charge in [0.05, 0.1) is 30.8 Å². The maximum Gasteiger partial charge on any atom is 0.419 e. The number of nitrogens with zero attached hydrogens (tertiary/aromatic N) is 3. The number of benzene rings is 1. The van der Waals surface area contributed by atoms with Crippen LogP contribution in [0.15, 0.2) is 66.3 Å². The van der Waals surface area contributed by atoms with Gasteiger partial charge in [-0.15, -0.1) is 0 Å². The zero-order valence-electron chi connectivity index (χ0n) is 32.2. The largest absolute Gasteiger partial charge is 0.482 e. The highest BCUT2D eigenvalue weighted by atomic mass is 35.5. The fourth-order valence-corrected chi connectivity index (χ4v) is 8.72. The Morgan fingerprint density at radius 3 is 2.56 bits per heavy atom. The number of likely N-dealkylation sites (tertiary alicyclic amines) is 1. The average molecular weight is 809 g/mol. The Morgan fingerprint density at radius 1 is 1.07 bits per heavy atom. The molecule has 3 atom stereocenters. The van der Waals surface area contributed by atoms with Crippen molar-refractivity contribution in [3.8, 4) is 5.88 Å². The van der Waals surface area contributed by atoms with E-state index in [0.29, 0.717) is 74.8 Å². The number of nitrogens with one attached hydrogen (secondary N) is 5. The second-order valence-electron chi connectivity index (χ2n) is 14.9. The van der Waals surface area contributed by atoms with Crippen LogP contribution in [0.25, 0.3) is 0 Å². The molecule has 0 saturated carbocycles. The third kappa shape index (κ3) is 8.56. The zero-order chi connectivity index (χ0) is 40.3. The number of anilines is 1. The predicted octanol–water partition coefficient (Wildman–Crippen LogP) is 5.49. The van der Waals surface area contributed by atoms with Gasteiger partial charge in [0.25, 0.3) is 0 Å². The lowest BCUT2D eigenvalue weighted by Gasteiger charge is -2.39. The minimum absolute atomic E-state index is 0.0162. The van der Waals surface area contributed by atoms with E-state index in [2.05, 4.69) is 36.6 Å². The number of methoxy groups -OCH3 is 2. The molecule has 1 aliphatic carbocycles. The molecule has 16 heteroatoms. The predicted molar refractivity (Wildman–Crippen MR) is 209 cm³/mol. The second-order valence-corrected chi connectivity index (χ2v) is 15.3. The highest BCUT2D eigenvalue weighted by Crippen LogP contribution is 2.46. The van der Waals surface area contributed by atoms with Crippen molar-refractivity contribution in [2.75, 3.05) is 45.7 Å². The molecule has 1 aromatic carbocycles. The molecule has 2 fully saturated rings. The summed E-state index contributed by atoms with van der Waals surface area (Å²) in [6.45, 7) is 3.95. The zero-order valence-corrected chi connectivity index (χ0v) is 32.9. The Hall–Kier alpha value is -4.86. The van der Waals surface area contributed by atoms with Gasteiger partial charge in [-0.3, -0.25) is 14.6 Å². The van der Waals surface area contributed by atoms with Gasteiger partial charge in [-0.25, -0.2) is 0 Å². The second kappa shape index (κ2) is 16.9. The van der Waals surface area contributed by atoms with Gasteiger partial charge in [-0.05, 0) is 67.0 Å². The fourth-order valence-electron chi connectivity index (χ4n) is 8.45. The third-order valence-electron chi connectivity index (χ3n) is 11.4. The first-order valence-corrected chi connectivity index (χ1v) is 19.7. The van der Waals surface area contributed by atoms with E-state index in [1.807, 2.05) is 36.4 Å². The van der Waals surface area contributed by atoms with Crippen LogP contribution in [-0.4, -0.2) is 79.2 Å².